The quantitative estimate of drug-likeness (QED) is 0.518. The van der Waals surface area contributed by atoms with Gasteiger partial charge >= 0.3 is 0 Å². The minimum absolute atomic E-state index is 0.812. The molecule has 0 spiro atoms. The zero-order valence-corrected chi connectivity index (χ0v) is 13.8. The third-order valence-corrected chi connectivity index (χ3v) is 3.02. The van der Waals surface area contributed by atoms with Gasteiger partial charge in [-0.1, -0.05) is 0 Å². The molecule has 5 heteroatoms. The van der Waals surface area contributed by atoms with E-state index in [1.165, 1.54) is 0 Å². The molecule has 0 saturated heterocycles. The lowest BCUT2D eigenvalue weighted by atomic mass is 10.2. The molecule has 0 aromatic carbocycles. The summed E-state index contributed by atoms with van der Waals surface area (Å²) < 4.78 is 0. The van der Waals surface area contributed by atoms with E-state index in [1.54, 1.807) is 0 Å². The number of nitrogens with zero attached hydrogens (tertiary/aromatic N) is 4. The van der Waals surface area contributed by atoms with E-state index in [0.29, 0.717) is 0 Å². The van der Waals surface area contributed by atoms with Gasteiger partial charge in [0.15, 0.2) is 0 Å². The zero-order valence-electron chi connectivity index (χ0n) is 13.8. The maximum absolute atomic E-state index is 4.43. The van der Waals surface area contributed by atoms with Crippen molar-refractivity contribution < 1.29 is 0 Å². The maximum atomic E-state index is 4.43. The van der Waals surface area contributed by atoms with Crippen molar-refractivity contribution in [2.75, 3.05) is 54.4 Å². The van der Waals surface area contributed by atoms with E-state index in [9.17, 15) is 0 Å². The fourth-order valence-electron chi connectivity index (χ4n) is 1.84. The summed E-state index contributed by atoms with van der Waals surface area (Å²) in [5.74, 6) is 0. The van der Waals surface area contributed by atoms with E-state index in [-0.39, 0.29) is 0 Å². The van der Waals surface area contributed by atoms with Crippen LogP contribution in [0.4, 0.5) is 0 Å². The van der Waals surface area contributed by atoms with E-state index in [0.717, 1.165) is 50.4 Å². The summed E-state index contributed by atoms with van der Waals surface area (Å²) in [6.07, 6.45) is 4.93. The average molecular weight is 291 g/mol. The molecule has 5 nitrogen and oxygen atoms in total. The van der Waals surface area contributed by atoms with Crippen molar-refractivity contribution in [2.45, 2.75) is 13.0 Å². The number of hydrogen-bond acceptors (Lipinski definition) is 5. The molecule has 0 fully saturated rings. The van der Waals surface area contributed by atoms with E-state index in [4.69, 9.17) is 0 Å². The predicted molar refractivity (Wildman–Crippen MR) is 90.1 cm³/mol. The second-order valence-corrected chi connectivity index (χ2v) is 5.75. The number of likely N-dealkylation sites (N-methyl/N-ethyl adjacent to an activating group) is 1. The van der Waals surface area contributed by atoms with Crippen molar-refractivity contribution in [3.8, 4) is 0 Å². The van der Waals surface area contributed by atoms with E-state index in [1.807, 2.05) is 18.5 Å². The number of aliphatic imine (C=N–C) groups is 1. The van der Waals surface area contributed by atoms with Gasteiger partial charge in [-0.3, -0.25) is 9.98 Å². The van der Waals surface area contributed by atoms with Crippen LogP contribution in [0.3, 0.4) is 0 Å². The van der Waals surface area contributed by atoms with Crippen LogP contribution in [0.25, 0.3) is 0 Å². The molecule has 0 saturated carbocycles. The van der Waals surface area contributed by atoms with Gasteiger partial charge in [-0.05, 0) is 65.4 Å². The molecule has 1 heterocycles. The Kier molecular flexibility index (Phi) is 8.82. The highest BCUT2D eigenvalue weighted by molar-refractivity contribution is 5.79. The highest BCUT2D eigenvalue weighted by Crippen LogP contribution is 1.99. The first-order valence-electron chi connectivity index (χ1n) is 7.53. The van der Waals surface area contributed by atoms with Crippen molar-refractivity contribution in [3.05, 3.63) is 29.6 Å². The Balaban J connectivity index is 2.31. The van der Waals surface area contributed by atoms with Gasteiger partial charge in [0, 0.05) is 25.5 Å². The Morgan fingerprint density at radius 2 is 1.95 bits per heavy atom. The van der Waals surface area contributed by atoms with Crippen molar-refractivity contribution >= 4 is 6.21 Å². The standard InChI is InChI=1S/C16H29N5/c1-20(2)10-5-7-17-14-16-12-15(6-8-19-16)13-18-9-11-21(3)4/h6,8,12-13,17H,5,7,9-11,14H2,1-4H3/b18-13+. The summed E-state index contributed by atoms with van der Waals surface area (Å²) in [7, 11) is 8.31. The summed E-state index contributed by atoms with van der Waals surface area (Å²) in [6.45, 7) is 4.74. The summed E-state index contributed by atoms with van der Waals surface area (Å²) >= 11 is 0. The van der Waals surface area contributed by atoms with Crippen LogP contribution in [0.2, 0.25) is 0 Å². The highest BCUT2D eigenvalue weighted by atomic mass is 15.1. The molecule has 0 unspecified atom stereocenters. The molecule has 1 rings (SSSR count). The van der Waals surface area contributed by atoms with Crippen LogP contribution in [0.5, 0.6) is 0 Å². The number of pyridine rings is 1. The Labute approximate surface area is 129 Å². The smallest absolute Gasteiger partial charge is 0.0548 e. The second kappa shape index (κ2) is 10.4. The first-order chi connectivity index (χ1) is 10.1. The van der Waals surface area contributed by atoms with Crippen LogP contribution in [-0.2, 0) is 6.54 Å². The fraction of sp³-hybridized carbons (Fsp3) is 0.625. The Hall–Kier alpha value is -1.30. The molecule has 0 radical (unpaired) electrons. The number of hydrogen-bond donors (Lipinski definition) is 1. The van der Waals surface area contributed by atoms with Crippen LogP contribution in [0.15, 0.2) is 23.3 Å². The first-order valence-corrected chi connectivity index (χ1v) is 7.53. The van der Waals surface area contributed by atoms with Crippen LogP contribution in [0, 0.1) is 0 Å². The van der Waals surface area contributed by atoms with Gasteiger partial charge in [-0.15, -0.1) is 0 Å². The van der Waals surface area contributed by atoms with Crippen LogP contribution >= 0.6 is 0 Å². The van der Waals surface area contributed by atoms with Crippen LogP contribution < -0.4 is 5.32 Å². The SMILES string of the molecule is CN(C)CCCNCc1cc(/C=N/CCN(C)C)ccn1. The summed E-state index contributed by atoms with van der Waals surface area (Å²) in [4.78, 5) is 13.1. The average Bonchev–Trinajstić information content (AvgIpc) is 2.43. The molecule has 0 bridgehead atoms. The third kappa shape index (κ3) is 9.28. The monoisotopic (exact) mass is 291 g/mol. The lowest BCUT2D eigenvalue weighted by Gasteiger charge is -2.09. The Morgan fingerprint density at radius 1 is 1.19 bits per heavy atom. The van der Waals surface area contributed by atoms with Gasteiger partial charge in [0.05, 0.1) is 12.2 Å². The molecule has 1 aromatic rings. The Morgan fingerprint density at radius 3 is 2.67 bits per heavy atom. The first kappa shape index (κ1) is 17.8. The molecule has 0 amide bonds. The van der Waals surface area contributed by atoms with Gasteiger partial charge in [0.1, 0.15) is 0 Å². The highest BCUT2D eigenvalue weighted by Gasteiger charge is 1.96. The van der Waals surface area contributed by atoms with Gasteiger partial charge in [-0.25, -0.2) is 0 Å². The van der Waals surface area contributed by atoms with E-state index in [2.05, 4.69) is 59.4 Å². The summed E-state index contributed by atoms with van der Waals surface area (Å²) in [5.41, 5.74) is 2.19. The molecule has 0 atom stereocenters. The summed E-state index contributed by atoms with van der Waals surface area (Å²) in [5, 5.41) is 3.43. The third-order valence-electron chi connectivity index (χ3n) is 3.02. The molecule has 0 aliphatic rings. The fourth-order valence-corrected chi connectivity index (χ4v) is 1.84. The van der Waals surface area contributed by atoms with Crippen molar-refractivity contribution in [1.82, 2.24) is 20.1 Å². The van der Waals surface area contributed by atoms with E-state index >= 15 is 0 Å². The zero-order chi connectivity index (χ0) is 15.5. The Bertz CT molecular complexity index is 415. The lowest BCUT2D eigenvalue weighted by molar-refractivity contribution is 0.394. The molecule has 118 valence electrons. The van der Waals surface area contributed by atoms with Crippen molar-refractivity contribution in [3.63, 3.8) is 0 Å². The van der Waals surface area contributed by atoms with Crippen LogP contribution in [0.1, 0.15) is 17.7 Å². The topological polar surface area (TPSA) is 43.8 Å². The largest absolute Gasteiger partial charge is 0.311 e. The van der Waals surface area contributed by atoms with Crippen molar-refractivity contribution in [1.29, 1.82) is 0 Å². The van der Waals surface area contributed by atoms with E-state index < -0.39 is 0 Å². The molecular weight excluding hydrogens is 262 g/mol. The van der Waals surface area contributed by atoms with Crippen LogP contribution in [-0.4, -0.2) is 75.4 Å². The molecule has 21 heavy (non-hydrogen) atoms. The minimum atomic E-state index is 0.812. The molecule has 1 aromatic heterocycles. The molecular formula is C16H29N5. The number of rotatable bonds is 10. The van der Waals surface area contributed by atoms with Gasteiger partial charge < -0.3 is 15.1 Å². The molecule has 0 aliphatic carbocycles. The van der Waals surface area contributed by atoms with Gasteiger partial charge in [0.2, 0.25) is 0 Å². The molecule has 0 aliphatic heterocycles. The molecule has 1 N–H and O–H groups in total. The van der Waals surface area contributed by atoms with Crippen molar-refractivity contribution in [2.24, 2.45) is 4.99 Å². The minimum Gasteiger partial charge on any atom is -0.311 e. The maximum Gasteiger partial charge on any atom is 0.0548 e. The number of nitrogens with one attached hydrogen (secondary N) is 1. The van der Waals surface area contributed by atoms with Gasteiger partial charge in [0.25, 0.3) is 0 Å². The predicted octanol–water partition coefficient (Wildman–Crippen LogP) is 1.10. The lowest BCUT2D eigenvalue weighted by Crippen LogP contribution is -2.21. The van der Waals surface area contributed by atoms with Gasteiger partial charge in [-0.2, -0.15) is 0 Å². The normalized spacial score (nSPS) is 11.9. The number of aromatic nitrogens is 1. The summed E-state index contributed by atoms with van der Waals surface area (Å²) in [6, 6.07) is 4.09. The second-order valence-electron chi connectivity index (χ2n) is 5.75.